The van der Waals surface area contributed by atoms with Crippen LogP contribution in [0.2, 0.25) is 0 Å². The Morgan fingerprint density at radius 3 is 2.87 bits per heavy atom. The van der Waals surface area contributed by atoms with Gasteiger partial charge in [0.1, 0.15) is 0 Å². The molecular formula is C12H16BrNO. The molecule has 2 nitrogen and oxygen atoms in total. The second kappa shape index (κ2) is 5.08. The van der Waals surface area contributed by atoms with Gasteiger partial charge in [-0.1, -0.05) is 12.8 Å². The van der Waals surface area contributed by atoms with Crippen LogP contribution in [0.4, 0.5) is 0 Å². The first-order valence-electron chi connectivity index (χ1n) is 5.53. The summed E-state index contributed by atoms with van der Waals surface area (Å²) in [5.74, 6) is 0.426. The van der Waals surface area contributed by atoms with Gasteiger partial charge < -0.3 is 5.11 Å². The number of halogens is 1. The average molecular weight is 270 g/mol. The SMILES string of the molecule is OC1CCCCC1Cc1cncc(Br)c1. The monoisotopic (exact) mass is 269 g/mol. The maximum Gasteiger partial charge on any atom is 0.0571 e. The molecule has 0 aliphatic heterocycles. The average Bonchev–Trinajstić information content (AvgIpc) is 2.22. The first-order valence-corrected chi connectivity index (χ1v) is 6.32. The van der Waals surface area contributed by atoms with Crippen LogP contribution in [0, 0.1) is 5.92 Å². The molecule has 0 spiro atoms. The molecule has 0 amide bonds. The second-order valence-electron chi connectivity index (χ2n) is 4.33. The molecule has 2 unspecified atom stereocenters. The fourth-order valence-corrected chi connectivity index (χ4v) is 2.71. The number of aromatic nitrogens is 1. The summed E-state index contributed by atoms with van der Waals surface area (Å²) in [4.78, 5) is 4.15. The topological polar surface area (TPSA) is 33.1 Å². The zero-order valence-electron chi connectivity index (χ0n) is 8.69. The minimum absolute atomic E-state index is 0.113. The van der Waals surface area contributed by atoms with Crippen molar-refractivity contribution >= 4 is 15.9 Å². The van der Waals surface area contributed by atoms with Crippen LogP contribution in [-0.4, -0.2) is 16.2 Å². The molecule has 3 heteroatoms. The van der Waals surface area contributed by atoms with Crippen LogP contribution < -0.4 is 0 Å². The molecule has 2 rings (SSSR count). The Morgan fingerprint density at radius 2 is 2.13 bits per heavy atom. The van der Waals surface area contributed by atoms with Crippen LogP contribution in [0.3, 0.4) is 0 Å². The van der Waals surface area contributed by atoms with Gasteiger partial charge in [-0.15, -0.1) is 0 Å². The lowest BCUT2D eigenvalue weighted by atomic mass is 9.83. The lowest BCUT2D eigenvalue weighted by Gasteiger charge is -2.27. The van der Waals surface area contributed by atoms with Crippen LogP contribution in [0.15, 0.2) is 22.9 Å². The number of pyridine rings is 1. The maximum atomic E-state index is 9.87. The summed E-state index contributed by atoms with van der Waals surface area (Å²) in [6.45, 7) is 0. The molecule has 15 heavy (non-hydrogen) atoms. The maximum absolute atomic E-state index is 9.87. The first-order chi connectivity index (χ1) is 7.25. The number of hydrogen-bond donors (Lipinski definition) is 1. The van der Waals surface area contributed by atoms with E-state index in [2.05, 4.69) is 27.0 Å². The van der Waals surface area contributed by atoms with Gasteiger partial charge >= 0.3 is 0 Å². The highest BCUT2D eigenvalue weighted by Gasteiger charge is 2.23. The Morgan fingerprint density at radius 1 is 1.33 bits per heavy atom. The fraction of sp³-hybridized carbons (Fsp3) is 0.583. The van der Waals surface area contributed by atoms with Crippen LogP contribution >= 0.6 is 15.9 Å². The molecule has 82 valence electrons. The van der Waals surface area contributed by atoms with Crippen molar-refractivity contribution in [2.75, 3.05) is 0 Å². The van der Waals surface area contributed by atoms with E-state index in [0.29, 0.717) is 5.92 Å². The molecule has 1 aromatic heterocycles. The van der Waals surface area contributed by atoms with E-state index in [1.807, 2.05) is 6.20 Å². The largest absolute Gasteiger partial charge is 0.393 e. The molecule has 2 atom stereocenters. The second-order valence-corrected chi connectivity index (χ2v) is 5.24. The van der Waals surface area contributed by atoms with E-state index in [-0.39, 0.29) is 6.10 Å². The number of aliphatic hydroxyl groups is 1. The minimum atomic E-state index is -0.113. The highest BCUT2D eigenvalue weighted by Crippen LogP contribution is 2.27. The molecule has 1 N–H and O–H groups in total. The highest BCUT2D eigenvalue weighted by molar-refractivity contribution is 9.10. The van der Waals surface area contributed by atoms with E-state index in [1.54, 1.807) is 6.20 Å². The van der Waals surface area contributed by atoms with Gasteiger partial charge in [0.25, 0.3) is 0 Å². The predicted molar refractivity (Wildman–Crippen MR) is 63.6 cm³/mol. The molecule has 1 aliphatic rings. The van der Waals surface area contributed by atoms with Crippen LogP contribution in [-0.2, 0) is 6.42 Å². The number of aliphatic hydroxyl groups excluding tert-OH is 1. The molecule has 0 saturated heterocycles. The Bertz CT molecular complexity index is 329. The summed E-state index contributed by atoms with van der Waals surface area (Å²) in [5, 5.41) is 9.87. The van der Waals surface area contributed by atoms with E-state index in [1.165, 1.54) is 18.4 Å². The summed E-state index contributed by atoms with van der Waals surface area (Å²) in [7, 11) is 0. The summed E-state index contributed by atoms with van der Waals surface area (Å²) in [6, 6.07) is 2.09. The Balaban J connectivity index is 2.01. The van der Waals surface area contributed by atoms with Gasteiger partial charge in [0.15, 0.2) is 0 Å². The van der Waals surface area contributed by atoms with Crippen molar-refractivity contribution in [3.63, 3.8) is 0 Å². The third-order valence-corrected chi connectivity index (χ3v) is 3.56. The minimum Gasteiger partial charge on any atom is -0.393 e. The van der Waals surface area contributed by atoms with Crippen molar-refractivity contribution < 1.29 is 5.11 Å². The number of hydrogen-bond acceptors (Lipinski definition) is 2. The Hall–Kier alpha value is -0.410. The van der Waals surface area contributed by atoms with Crippen molar-refractivity contribution in [2.24, 2.45) is 5.92 Å². The highest BCUT2D eigenvalue weighted by atomic mass is 79.9. The number of nitrogens with zero attached hydrogens (tertiary/aromatic N) is 1. The molecule has 1 aromatic rings. The van der Waals surface area contributed by atoms with Crippen molar-refractivity contribution in [3.05, 3.63) is 28.5 Å². The lowest BCUT2D eigenvalue weighted by Crippen LogP contribution is -2.26. The van der Waals surface area contributed by atoms with Gasteiger partial charge in [-0.05, 0) is 52.7 Å². The molecule has 1 heterocycles. The zero-order valence-corrected chi connectivity index (χ0v) is 10.3. The Kier molecular flexibility index (Phi) is 3.76. The predicted octanol–water partition coefficient (Wildman–Crippen LogP) is 2.94. The van der Waals surface area contributed by atoms with Gasteiger partial charge in [-0.25, -0.2) is 0 Å². The van der Waals surface area contributed by atoms with Crippen LogP contribution in [0.25, 0.3) is 0 Å². The van der Waals surface area contributed by atoms with E-state index in [0.717, 1.165) is 23.7 Å². The van der Waals surface area contributed by atoms with Crippen molar-refractivity contribution in [3.8, 4) is 0 Å². The van der Waals surface area contributed by atoms with Gasteiger partial charge in [-0.3, -0.25) is 4.98 Å². The lowest BCUT2D eigenvalue weighted by molar-refractivity contribution is 0.0700. The van der Waals surface area contributed by atoms with Crippen LogP contribution in [0.1, 0.15) is 31.2 Å². The van der Waals surface area contributed by atoms with Gasteiger partial charge in [0.05, 0.1) is 6.10 Å². The van der Waals surface area contributed by atoms with Gasteiger partial charge in [0.2, 0.25) is 0 Å². The smallest absolute Gasteiger partial charge is 0.0571 e. The van der Waals surface area contributed by atoms with E-state index < -0.39 is 0 Å². The van der Waals surface area contributed by atoms with Crippen molar-refractivity contribution in [1.82, 2.24) is 4.98 Å². The molecular weight excluding hydrogens is 254 g/mol. The van der Waals surface area contributed by atoms with Crippen LogP contribution in [0.5, 0.6) is 0 Å². The van der Waals surface area contributed by atoms with Gasteiger partial charge in [-0.2, -0.15) is 0 Å². The summed E-state index contributed by atoms with van der Waals surface area (Å²) in [6.07, 6.45) is 9.07. The fourth-order valence-electron chi connectivity index (χ4n) is 2.30. The third-order valence-electron chi connectivity index (χ3n) is 3.13. The summed E-state index contributed by atoms with van der Waals surface area (Å²) >= 11 is 3.42. The molecule has 1 saturated carbocycles. The summed E-state index contributed by atoms with van der Waals surface area (Å²) in [5.41, 5.74) is 1.22. The molecule has 1 aliphatic carbocycles. The van der Waals surface area contributed by atoms with Crippen molar-refractivity contribution in [1.29, 1.82) is 0 Å². The first kappa shape index (κ1) is 11.1. The molecule has 1 fully saturated rings. The Labute approximate surface area is 98.9 Å². The van der Waals surface area contributed by atoms with E-state index in [9.17, 15) is 5.11 Å². The van der Waals surface area contributed by atoms with Gasteiger partial charge in [0, 0.05) is 16.9 Å². The third kappa shape index (κ3) is 3.02. The molecule has 0 aromatic carbocycles. The quantitative estimate of drug-likeness (QED) is 0.896. The van der Waals surface area contributed by atoms with E-state index >= 15 is 0 Å². The standard InChI is InChI=1S/C12H16BrNO/c13-11-6-9(7-14-8-11)5-10-3-1-2-4-12(10)15/h6-8,10,12,15H,1-5H2. The molecule has 0 radical (unpaired) electrons. The van der Waals surface area contributed by atoms with E-state index in [4.69, 9.17) is 0 Å². The van der Waals surface area contributed by atoms with Crippen molar-refractivity contribution in [2.45, 2.75) is 38.2 Å². The normalized spacial score (nSPS) is 26.5. The number of rotatable bonds is 2. The zero-order chi connectivity index (χ0) is 10.7. The molecule has 0 bridgehead atoms. The summed E-state index contributed by atoms with van der Waals surface area (Å²) < 4.78 is 1.02.